The summed E-state index contributed by atoms with van der Waals surface area (Å²) in [4.78, 5) is 35.6. The summed E-state index contributed by atoms with van der Waals surface area (Å²) in [5, 5.41) is 6.29. The number of hydrogen-bond donors (Lipinski definition) is 1. The van der Waals surface area contributed by atoms with Gasteiger partial charge in [0.25, 0.3) is 0 Å². The first-order valence-electron chi connectivity index (χ1n) is 7.36. The van der Waals surface area contributed by atoms with Crippen LogP contribution >= 0.6 is 0 Å². The minimum Gasteiger partial charge on any atom is -0.462 e. The van der Waals surface area contributed by atoms with Crippen molar-refractivity contribution in [3.63, 3.8) is 0 Å². The molecule has 1 aromatic carbocycles. The Kier molecular flexibility index (Phi) is 4.74. The molecule has 2 heterocycles. The maximum Gasteiger partial charge on any atom is 0.338 e. The number of anilines is 1. The highest BCUT2D eigenvalue weighted by Gasteiger charge is 2.17. The molecule has 0 fully saturated rings. The van der Waals surface area contributed by atoms with Crippen LogP contribution in [0.2, 0.25) is 0 Å². The fourth-order valence-electron chi connectivity index (χ4n) is 1.92. The maximum atomic E-state index is 12.1. The van der Waals surface area contributed by atoms with Crippen molar-refractivity contribution in [1.82, 2.24) is 20.1 Å². The van der Waals surface area contributed by atoms with Crippen molar-refractivity contribution in [2.75, 3.05) is 11.9 Å². The molecule has 0 bridgehead atoms. The second-order valence-corrected chi connectivity index (χ2v) is 4.77. The summed E-state index contributed by atoms with van der Waals surface area (Å²) in [6.07, 6.45) is 4.45. The van der Waals surface area contributed by atoms with Crippen LogP contribution in [0.5, 0.6) is 0 Å². The van der Waals surface area contributed by atoms with Crippen molar-refractivity contribution < 1.29 is 18.8 Å². The zero-order chi connectivity index (χ0) is 17.6. The smallest absolute Gasteiger partial charge is 0.338 e. The molecule has 1 N–H and O–H groups in total. The quantitative estimate of drug-likeness (QED) is 0.700. The number of hydrogen-bond acceptors (Lipinski definition) is 8. The van der Waals surface area contributed by atoms with Crippen molar-refractivity contribution in [2.45, 2.75) is 6.92 Å². The van der Waals surface area contributed by atoms with Crippen molar-refractivity contribution in [1.29, 1.82) is 0 Å². The first-order valence-corrected chi connectivity index (χ1v) is 7.36. The van der Waals surface area contributed by atoms with Gasteiger partial charge < -0.3 is 14.6 Å². The molecular formula is C16H13N5O4. The standard InChI is InChI=1S/C16H13N5O4/c1-2-24-16(23)10-3-5-11(6-4-10)19-14(22)15-20-13(21-25-15)12-9-17-7-8-18-12/h3-9H,2H2,1H3,(H,19,22). The highest BCUT2D eigenvalue weighted by Crippen LogP contribution is 2.14. The Bertz CT molecular complexity index is 877. The molecule has 25 heavy (non-hydrogen) atoms. The molecular weight excluding hydrogens is 326 g/mol. The Hall–Kier alpha value is -3.62. The monoisotopic (exact) mass is 339 g/mol. The van der Waals surface area contributed by atoms with Gasteiger partial charge in [-0.1, -0.05) is 5.16 Å². The molecule has 0 spiro atoms. The molecule has 3 aromatic rings. The Morgan fingerprint density at radius 1 is 1.20 bits per heavy atom. The number of amides is 1. The van der Waals surface area contributed by atoms with Crippen LogP contribution in [-0.4, -0.2) is 38.6 Å². The fraction of sp³-hybridized carbons (Fsp3) is 0.125. The third kappa shape index (κ3) is 3.83. The summed E-state index contributed by atoms with van der Waals surface area (Å²) in [5.41, 5.74) is 1.25. The first kappa shape index (κ1) is 16.2. The first-order chi connectivity index (χ1) is 12.2. The molecule has 1 amide bonds. The number of aromatic nitrogens is 4. The van der Waals surface area contributed by atoms with E-state index in [2.05, 4.69) is 25.4 Å². The topological polar surface area (TPSA) is 120 Å². The lowest BCUT2D eigenvalue weighted by atomic mass is 10.2. The van der Waals surface area contributed by atoms with E-state index in [1.807, 2.05) is 0 Å². The average Bonchev–Trinajstić information content (AvgIpc) is 3.13. The van der Waals surface area contributed by atoms with Crippen LogP contribution in [0.25, 0.3) is 11.5 Å². The predicted octanol–water partition coefficient (Wildman–Crippen LogP) is 1.96. The Labute approximate surface area is 142 Å². The number of esters is 1. The van der Waals surface area contributed by atoms with Gasteiger partial charge in [0.1, 0.15) is 5.69 Å². The number of carbonyl (C=O) groups excluding carboxylic acids is 2. The van der Waals surface area contributed by atoms with Gasteiger partial charge >= 0.3 is 17.8 Å². The number of benzene rings is 1. The molecule has 2 aromatic heterocycles. The van der Waals surface area contributed by atoms with Crippen LogP contribution in [0, 0.1) is 0 Å². The van der Waals surface area contributed by atoms with Crippen molar-refractivity contribution in [3.8, 4) is 11.5 Å². The minimum absolute atomic E-state index is 0.163. The molecule has 0 saturated carbocycles. The number of ether oxygens (including phenoxy) is 1. The Morgan fingerprint density at radius 3 is 2.68 bits per heavy atom. The molecule has 0 saturated heterocycles. The predicted molar refractivity (Wildman–Crippen MR) is 85.7 cm³/mol. The lowest BCUT2D eigenvalue weighted by Gasteiger charge is -2.04. The Balaban J connectivity index is 1.68. The molecule has 0 unspecified atom stereocenters. The van der Waals surface area contributed by atoms with Gasteiger partial charge in [0.15, 0.2) is 0 Å². The van der Waals surface area contributed by atoms with Gasteiger partial charge in [0.05, 0.1) is 18.4 Å². The van der Waals surface area contributed by atoms with Crippen molar-refractivity contribution >= 4 is 17.6 Å². The van der Waals surface area contributed by atoms with Gasteiger partial charge in [-0.25, -0.2) is 9.78 Å². The Morgan fingerprint density at radius 2 is 2.00 bits per heavy atom. The number of nitrogens with zero attached hydrogens (tertiary/aromatic N) is 4. The molecule has 0 aliphatic carbocycles. The van der Waals surface area contributed by atoms with E-state index < -0.39 is 11.9 Å². The summed E-state index contributed by atoms with van der Waals surface area (Å²) in [7, 11) is 0. The van der Waals surface area contributed by atoms with Gasteiger partial charge in [-0.3, -0.25) is 9.78 Å². The molecule has 126 valence electrons. The average molecular weight is 339 g/mol. The second kappa shape index (κ2) is 7.30. The normalized spacial score (nSPS) is 10.3. The van der Waals surface area contributed by atoms with Gasteiger partial charge in [0.2, 0.25) is 5.82 Å². The highest BCUT2D eigenvalue weighted by atomic mass is 16.5. The third-order valence-corrected chi connectivity index (χ3v) is 3.07. The van der Waals surface area contributed by atoms with E-state index in [4.69, 9.17) is 9.26 Å². The molecule has 9 nitrogen and oxygen atoms in total. The van der Waals surface area contributed by atoms with Gasteiger partial charge in [-0.2, -0.15) is 4.98 Å². The molecule has 0 aliphatic rings. The van der Waals surface area contributed by atoms with E-state index >= 15 is 0 Å². The largest absolute Gasteiger partial charge is 0.462 e. The van der Waals surface area contributed by atoms with E-state index in [0.717, 1.165) is 0 Å². The van der Waals surface area contributed by atoms with Crippen molar-refractivity contribution in [3.05, 3.63) is 54.3 Å². The lowest BCUT2D eigenvalue weighted by molar-refractivity contribution is 0.0526. The maximum absolute atomic E-state index is 12.1. The molecule has 0 atom stereocenters. The van der Waals surface area contributed by atoms with Crippen molar-refractivity contribution in [2.24, 2.45) is 0 Å². The summed E-state index contributed by atoms with van der Waals surface area (Å²) < 4.78 is 9.82. The number of rotatable bonds is 5. The van der Waals surface area contributed by atoms with Crippen LogP contribution in [-0.2, 0) is 4.74 Å². The van der Waals surface area contributed by atoms with E-state index in [-0.39, 0.29) is 11.7 Å². The van der Waals surface area contributed by atoms with E-state index in [1.165, 1.54) is 18.6 Å². The van der Waals surface area contributed by atoms with Crippen LogP contribution in [0.4, 0.5) is 5.69 Å². The molecule has 0 aliphatic heterocycles. The van der Waals surface area contributed by atoms with Crippen LogP contribution in [0.15, 0.2) is 47.4 Å². The van der Waals surface area contributed by atoms with Crippen LogP contribution in [0.1, 0.15) is 28.0 Å². The van der Waals surface area contributed by atoms with E-state index in [9.17, 15) is 9.59 Å². The lowest BCUT2D eigenvalue weighted by Crippen LogP contribution is -2.12. The zero-order valence-electron chi connectivity index (χ0n) is 13.2. The SMILES string of the molecule is CCOC(=O)c1ccc(NC(=O)c2nc(-c3cnccn3)no2)cc1. The second-order valence-electron chi connectivity index (χ2n) is 4.77. The molecule has 9 heteroatoms. The van der Waals surface area contributed by atoms with Gasteiger partial charge in [-0.05, 0) is 31.2 Å². The minimum atomic E-state index is -0.577. The summed E-state index contributed by atoms with van der Waals surface area (Å²) in [6.45, 7) is 2.02. The molecule has 3 rings (SSSR count). The molecule has 0 radical (unpaired) electrons. The van der Waals surface area contributed by atoms with E-state index in [1.54, 1.807) is 31.2 Å². The summed E-state index contributed by atoms with van der Waals surface area (Å²) >= 11 is 0. The highest BCUT2D eigenvalue weighted by molar-refractivity contribution is 6.01. The summed E-state index contributed by atoms with van der Waals surface area (Å²) in [5.74, 6) is -1.05. The van der Waals surface area contributed by atoms with Gasteiger partial charge in [0, 0.05) is 18.1 Å². The van der Waals surface area contributed by atoms with Crippen LogP contribution < -0.4 is 5.32 Å². The third-order valence-electron chi connectivity index (χ3n) is 3.07. The number of carbonyl (C=O) groups is 2. The van der Waals surface area contributed by atoms with Crippen LogP contribution in [0.3, 0.4) is 0 Å². The number of nitrogens with one attached hydrogen (secondary N) is 1. The summed E-state index contributed by atoms with van der Waals surface area (Å²) in [6, 6.07) is 6.24. The fourth-order valence-corrected chi connectivity index (χ4v) is 1.92. The van der Waals surface area contributed by atoms with Gasteiger partial charge in [-0.15, -0.1) is 0 Å². The zero-order valence-corrected chi connectivity index (χ0v) is 13.2. The van der Waals surface area contributed by atoms with E-state index in [0.29, 0.717) is 23.6 Å².